The number of unbranched alkanes of at least 4 members (excludes halogenated alkanes) is 4. The molecule has 2 bridgehead atoms. The van der Waals surface area contributed by atoms with Gasteiger partial charge in [-0.1, -0.05) is 39.5 Å². The first-order chi connectivity index (χ1) is 14.0. The van der Waals surface area contributed by atoms with Gasteiger partial charge in [-0.2, -0.15) is 10.5 Å². The van der Waals surface area contributed by atoms with Crippen molar-refractivity contribution >= 4 is 0 Å². The molecule has 0 radical (unpaired) electrons. The number of ether oxygens (including phenoxy) is 3. The molecule has 1 aromatic rings. The van der Waals surface area contributed by atoms with E-state index in [-0.39, 0.29) is 11.1 Å². The maximum absolute atomic E-state index is 9.92. The van der Waals surface area contributed by atoms with Crippen LogP contribution in [-0.2, 0) is 15.9 Å². The molecule has 0 aromatic heterocycles. The van der Waals surface area contributed by atoms with E-state index in [1.165, 1.54) is 0 Å². The Balaban J connectivity index is 2.14. The van der Waals surface area contributed by atoms with E-state index < -0.39 is 11.2 Å². The molecule has 0 spiro atoms. The number of nitriles is 2. The molecule has 2 atom stereocenters. The second kappa shape index (κ2) is 8.47. The van der Waals surface area contributed by atoms with Gasteiger partial charge >= 0.3 is 0 Å². The summed E-state index contributed by atoms with van der Waals surface area (Å²) in [6, 6.07) is 4.42. The van der Waals surface area contributed by atoms with E-state index >= 15 is 0 Å². The monoisotopic (exact) mass is 394 g/mol. The van der Waals surface area contributed by atoms with Gasteiger partial charge in [-0.15, -0.1) is 0 Å². The lowest BCUT2D eigenvalue weighted by molar-refractivity contribution is -0.0507. The van der Waals surface area contributed by atoms with E-state index in [0.29, 0.717) is 24.7 Å². The molecule has 5 nitrogen and oxygen atoms in total. The van der Waals surface area contributed by atoms with Crippen LogP contribution in [0.15, 0.2) is 12.2 Å². The van der Waals surface area contributed by atoms with E-state index in [2.05, 4.69) is 26.0 Å². The van der Waals surface area contributed by atoms with E-state index in [1.807, 2.05) is 26.0 Å². The number of benzene rings is 1. The molecule has 1 aromatic carbocycles. The van der Waals surface area contributed by atoms with Crippen molar-refractivity contribution in [2.75, 3.05) is 13.2 Å². The van der Waals surface area contributed by atoms with Crippen molar-refractivity contribution in [1.29, 1.82) is 10.5 Å². The summed E-state index contributed by atoms with van der Waals surface area (Å²) in [5.41, 5.74) is 0.793. The van der Waals surface area contributed by atoms with Gasteiger partial charge in [-0.3, -0.25) is 0 Å². The van der Waals surface area contributed by atoms with Crippen LogP contribution in [0.2, 0.25) is 0 Å². The molecule has 5 heteroatoms. The van der Waals surface area contributed by atoms with Gasteiger partial charge in [0.05, 0.1) is 13.2 Å². The van der Waals surface area contributed by atoms with Crippen molar-refractivity contribution < 1.29 is 14.2 Å². The van der Waals surface area contributed by atoms with Gasteiger partial charge in [0.15, 0.2) is 0 Å². The van der Waals surface area contributed by atoms with Gasteiger partial charge in [0.25, 0.3) is 0 Å². The van der Waals surface area contributed by atoms with Gasteiger partial charge < -0.3 is 14.2 Å². The molecule has 0 saturated heterocycles. The Kier molecular flexibility index (Phi) is 6.20. The predicted octanol–water partition coefficient (Wildman–Crippen LogP) is 5.60. The summed E-state index contributed by atoms with van der Waals surface area (Å²) in [7, 11) is 0. The number of hydrogen-bond acceptors (Lipinski definition) is 5. The number of nitrogens with zero attached hydrogens (tertiary/aromatic N) is 2. The standard InChI is InChI=1S/C24H30N2O3/c1-5-7-9-13-27-21-17(15-25)18(16-26)22(28-14-10-8-6-2)20-19(21)23(3)11-12-24(20,4)29-23/h11-12H,5-10,13-14H2,1-4H3. The smallest absolute Gasteiger partial charge is 0.145 e. The zero-order valence-electron chi connectivity index (χ0n) is 17.9. The number of fused-ring (bicyclic) bond motifs is 5. The fraction of sp³-hybridized carbons (Fsp3) is 0.583. The third-order valence-electron chi connectivity index (χ3n) is 5.76. The molecule has 0 aliphatic carbocycles. The largest absolute Gasteiger partial charge is 0.492 e. The molecule has 2 aliphatic heterocycles. The highest BCUT2D eigenvalue weighted by Gasteiger charge is 2.55. The van der Waals surface area contributed by atoms with Crippen LogP contribution in [0.25, 0.3) is 0 Å². The number of hydrogen-bond donors (Lipinski definition) is 0. The molecule has 2 aliphatic rings. The summed E-state index contributed by atoms with van der Waals surface area (Å²) in [6.07, 6.45) is 10.1. The van der Waals surface area contributed by atoms with Crippen molar-refractivity contribution in [3.63, 3.8) is 0 Å². The third kappa shape index (κ3) is 3.61. The first-order valence-corrected chi connectivity index (χ1v) is 10.7. The Hall–Kier alpha value is -2.50. The average Bonchev–Trinajstić information content (AvgIpc) is 3.15. The van der Waals surface area contributed by atoms with E-state index in [0.717, 1.165) is 49.7 Å². The Bertz CT molecular complexity index is 822. The molecule has 0 fully saturated rings. The quantitative estimate of drug-likeness (QED) is 0.381. The van der Waals surface area contributed by atoms with Crippen LogP contribution in [0.5, 0.6) is 11.5 Å². The molecule has 3 rings (SSSR count). The van der Waals surface area contributed by atoms with E-state index in [1.54, 1.807) is 0 Å². The molecule has 29 heavy (non-hydrogen) atoms. The highest BCUT2D eigenvalue weighted by atomic mass is 16.5. The van der Waals surface area contributed by atoms with Gasteiger partial charge in [0, 0.05) is 11.1 Å². The van der Waals surface area contributed by atoms with Crippen LogP contribution >= 0.6 is 0 Å². The summed E-state index contributed by atoms with van der Waals surface area (Å²) < 4.78 is 18.6. The maximum atomic E-state index is 9.92. The van der Waals surface area contributed by atoms with Gasteiger partial charge in [-0.25, -0.2) is 0 Å². The molecule has 0 N–H and O–H groups in total. The summed E-state index contributed by atoms with van der Waals surface area (Å²) >= 11 is 0. The van der Waals surface area contributed by atoms with Crippen molar-refractivity contribution in [1.82, 2.24) is 0 Å². The van der Waals surface area contributed by atoms with E-state index in [9.17, 15) is 10.5 Å². The molecule has 154 valence electrons. The highest BCUT2D eigenvalue weighted by molar-refractivity contribution is 5.73. The summed E-state index contributed by atoms with van der Waals surface area (Å²) in [5.74, 6) is 0.957. The minimum atomic E-state index is -0.689. The fourth-order valence-electron chi connectivity index (χ4n) is 4.30. The molecular weight excluding hydrogens is 364 g/mol. The third-order valence-corrected chi connectivity index (χ3v) is 5.76. The fourth-order valence-corrected chi connectivity index (χ4v) is 4.30. The zero-order chi connectivity index (χ0) is 21.1. The molecule has 2 unspecified atom stereocenters. The number of rotatable bonds is 10. The summed E-state index contributed by atoms with van der Waals surface area (Å²) in [5, 5.41) is 19.8. The lowest BCUT2D eigenvalue weighted by Gasteiger charge is -2.26. The van der Waals surface area contributed by atoms with Crippen molar-refractivity contribution in [3.8, 4) is 23.6 Å². The Morgan fingerprint density at radius 2 is 1.21 bits per heavy atom. The maximum Gasteiger partial charge on any atom is 0.145 e. The van der Waals surface area contributed by atoms with Gasteiger partial charge in [0.2, 0.25) is 0 Å². The van der Waals surface area contributed by atoms with Crippen LogP contribution in [0.3, 0.4) is 0 Å². The zero-order valence-corrected chi connectivity index (χ0v) is 17.9. The first kappa shape index (κ1) is 21.2. The average molecular weight is 395 g/mol. The van der Waals surface area contributed by atoms with Crippen molar-refractivity contribution in [2.45, 2.75) is 77.4 Å². The van der Waals surface area contributed by atoms with Gasteiger partial charge in [-0.05, 0) is 38.8 Å². The predicted molar refractivity (Wildman–Crippen MR) is 111 cm³/mol. The van der Waals surface area contributed by atoms with Gasteiger partial charge in [0.1, 0.15) is 46.0 Å². The molecular formula is C24H30N2O3. The van der Waals surface area contributed by atoms with Crippen LogP contribution in [0.1, 0.15) is 88.5 Å². The van der Waals surface area contributed by atoms with Crippen LogP contribution in [-0.4, -0.2) is 13.2 Å². The topological polar surface area (TPSA) is 75.3 Å². The van der Waals surface area contributed by atoms with Crippen LogP contribution < -0.4 is 9.47 Å². The Labute approximate surface area is 173 Å². The Morgan fingerprint density at radius 1 is 0.793 bits per heavy atom. The first-order valence-electron chi connectivity index (χ1n) is 10.7. The minimum absolute atomic E-state index is 0.252. The Morgan fingerprint density at radius 3 is 1.55 bits per heavy atom. The summed E-state index contributed by atoms with van der Waals surface area (Å²) in [6.45, 7) is 9.24. The van der Waals surface area contributed by atoms with E-state index in [4.69, 9.17) is 14.2 Å². The normalized spacial score (nSPS) is 23.5. The van der Waals surface area contributed by atoms with Crippen molar-refractivity contribution in [3.05, 3.63) is 34.4 Å². The lowest BCUT2D eigenvalue weighted by atomic mass is 9.79. The summed E-state index contributed by atoms with van der Waals surface area (Å²) in [4.78, 5) is 0. The minimum Gasteiger partial charge on any atom is -0.492 e. The SMILES string of the molecule is CCCCCOc1c(C#N)c(C#N)c(OCCCCC)c2c1C1(C)C=CC2(C)O1. The van der Waals surface area contributed by atoms with Crippen LogP contribution in [0.4, 0.5) is 0 Å². The highest BCUT2D eigenvalue weighted by Crippen LogP contribution is 2.61. The second-order valence-corrected chi connectivity index (χ2v) is 8.14. The van der Waals surface area contributed by atoms with Crippen molar-refractivity contribution in [2.24, 2.45) is 0 Å². The van der Waals surface area contributed by atoms with Crippen LogP contribution in [0, 0.1) is 22.7 Å². The second-order valence-electron chi connectivity index (χ2n) is 8.14. The molecule has 0 saturated carbocycles. The molecule has 0 amide bonds. The molecule has 2 heterocycles. The lowest BCUT2D eigenvalue weighted by Crippen LogP contribution is -2.19.